The summed E-state index contributed by atoms with van der Waals surface area (Å²) in [6.07, 6.45) is -7.23. The van der Waals surface area contributed by atoms with Crippen molar-refractivity contribution < 1.29 is 26.3 Å². The van der Waals surface area contributed by atoms with E-state index in [1.807, 2.05) is 19.9 Å². The maximum absolute atomic E-state index is 13.1. The Hall–Kier alpha value is -2.24. The standard InChI is InChI=1S/C19H14F6/c1-10-5-16-11(2)3-4-15(17(16)6-10)12-7-13(18(20,21)22)9-14(8-12)19(23,24)25/h3-4,6-9H,5H2,1-2H3. The highest BCUT2D eigenvalue weighted by Crippen LogP contribution is 2.41. The molecule has 0 unspecified atom stereocenters. The molecule has 0 aliphatic heterocycles. The Balaban J connectivity index is 2.27. The van der Waals surface area contributed by atoms with Crippen LogP contribution in [0, 0.1) is 6.92 Å². The van der Waals surface area contributed by atoms with Crippen molar-refractivity contribution >= 4 is 6.08 Å². The van der Waals surface area contributed by atoms with Gasteiger partial charge in [0.05, 0.1) is 11.1 Å². The molecular formula is C19H14F6. The minimum Gasteiger partial charge on any atom is -0.166 e. The molecule has 0 heterocycles. The van der Waals surface area contributed by atoms with Gasteiger partial charge in [0, 0.05) is 0 Å². The molecule has 0 aromatic heterocycles. The number of hydrogen-bond donors (Lipinski definition) is 0. The third-order valence-corrected chi connectivity index (χ3v) is 4.34. The van der Waals surface area contributed by atoms with E-state index in [4.69, 9.17) is 0 Å². The lowest BCUT2D eigenvalue weighted by Crippen LogP contribution is -2.11. The summed E-state index contributed by atoms with van der Waals surface area (Å²) in [6, 6.07) is 5.02. The molecule has 2 aromatic carbocycles. The Labute approximate surface area is 140 Å². The van der Waals surface area contributed by atoms with Gasteiger partial charge in [0.1, 0.15) is 0 Å². The molecule has 2 aromatic rings. The number of benzene rings is 2. The molecule has 25 heavy (non-hydrogen) atoms. The molecule has 132 valence electrons. The Morgan fingerprint density at radius 2 is 1.36 bits per heavy atom. The predicted octanol–water partition coefficient (Wildman–Crippen LogP) is 6.66. The van der Waals surface area contributed by atoms with Crippen LogP contribution in [0.1, 0.15) is 34.7 Å². The first-order chi connectivity index (χ1) is 11.5. The van der Waals surface area contributed by atoms with Crippen LogP contribution in [0.2, 0.25) is 0 Å². The maximum Gasteiger partial charge on any atom is 0.416 e. The van der Waals surface area contributed by atoms with Crippen LogP contribution in [0.5, 0.6) is 0 Å². The lowest BCUT2D eigenvalue weighted by atomic mass is 9.92. The SMILES string of the molecule is CC1=Cc2c(-c3cc(C(F)(F)F)cc(C(F)(F)F)c3)ccc(C)c2C1. The first-order valence-corrected chi connectivity index (χ1v) is 7.56. The molecule has 0 saturated heterocycles. The average Bonchev–Trinajstić information content (AvgIpc) is 2.88. The Morgan fingerprint density at radius 3 is 1.88 bits per heavy atom. The summed E-state index contributed by atoms with van der Waals surface area (Å²) in [4.78, 5) is 0. The highest BCUT2D eigenvalue weighted by atomic mass is 19.4. The molecule has 0 fully saturated rings. The van der Waals surface area contributed by atoms with E-state index in [1.54, 1.807) is 12.1 Å². The van der Waals surface area contributed by atoms with Crippen LogP contribution in [-0.2, 0) is 18.8 Å². The number of halogens is 6. The zero-order chi connectivity index (χ0) is 18.6. The van der Waals surface area contributed by atoms with Crippen molar-refractivity contribution in [2.75, 3.05) is 0 Å². The number of alkyl halides is 6. The number of rotatable bonds is 1. The van der Waals surface area contributed by atoms with Crippen molar-refractivity contribution in [3.05, 3.63) is 63.7 Å². The van der Waals surface area contributed by atoms with Gasteiger partial charge in [-0.1, -0.05) is 23.8 Å². The minimum absolute atomic E-state index is 0.0793. The Morgan fingerprint density at radius 1 is 0.800 bits per heavy atom. The topological polar surface area (TPSA) is 0 Å². The predicted molar refractivity (Wildman–Crippen MR) is 84.0 cm³/mol. The minimum atomic E-state index is -4.85. The first kappa shape index (κ1) is 17.6. The van der Waals surface area contributed by atoms with Crippen molar-refractivity contribution in [1.29, 1.82) is 0 Å². The zero-order valence-electron chi connectivity index (χ0n) is 13.4. The highest BCUT2D eigenvalue weighted by Gasteiger charge is 2.37. The van der Waals surface area contributed by atoms with Crippen LogP contribution in [0.4, 0.5) is 26.3 Å². The van der Waals surface area contributed by atoms with Crippen LogP contribution in [0.15, 0.2) is 35.9 Å². The summed E-state index contributed by atoms with van der Waals surface area (Å²) in [5.41, 5.74) is 1.34. The number of allylic oxidation sites excluding steroid dienone is 1. The molecule has 6 heteroatoms. The fourth-order valence-electron chi connectivity index (χ4n) is 3.11. The fraction of sp³-hybridized carbons (Fsp3) is 0.263. The van der Waals surface area contributed by atoms with Gasteiger partial charge in [0.2, 0.25) is 0 Å². The van der Waals surface area contributed by atoms with E-state index >= 15 is 0 Å². The molecule has 0 N–H and O–H groups in total. The van der Waals surface area contributed by atoms with E-state index in [2.05, 4.69) is 0 Å². The molecular weight excluding hydrogens is 342 g/mol. The normalized spacial score (nSPS) is 14.5. The second kappa shape index (κ2) is 5.64. The summed E-state index contributed by atoms with van der Waals surface area (Å²) in [5.74, 6) is 0. The largest absolute Gasteiger partial charge is 0.416 e. The molecule has 1 aliphatic carbocycles. The Bertz CT molecular complexity index is 836. The van der Waals surface area contributed by atoms with Crippen LogP contribution in [-0.4, -0.2) is 0 Å². The fourth-order valence-corrected chi connectivity index (χ4v) is 3.11. The number of aryl methyl sites for hydroxylation is 1. The summed E-state index contributed by atoms with van der Waals surface area (Å²) >= 11 is 0. The van der Waals surface area contributed by atoms with Gasteiger partial charge in [0.25, 0.3) is 0 Å². The summed E-state index contributed by atoms with van der Waals surface area (Å²) in [7, 11) is 0. The second-order valence-corrected chi connectivity index (χ2v) is 6.28. The van der Waals surface area contributed by atoms with Gasteiger partial charge in [-0.25, -0.2) is 0 Å². The number of fused-ring (bicyclic) bond motifs is 1. The average molecular weight is 356 g/mol. The summed E-state index contributed by atoms with van der Waals surface area (Å²) in [5, 5.41) is 0. The first-order valence-electron chi connectivity index (χ1n) is 7.56. The van der Waals surface area contributed by atoms with Gasteiger partial charge >= 0.3 is 12.4 Å². The van der Waals surface area contributed by atoms with E-state index < -0.39 is 23.5 Å². The quantitative estimate of drug-likeness (QED) is 0.501. The van der Waals surface area contributed by atoms with E-state index in [0.29, 0.717) is 17.5 Å². The lowest BCUT2D eigenvalue weighted by molar-refractivity contribution is -0.143. The van der Waals surface area contributed by atoms with E-state index in [-0.39, 0.29) is 11.6 Å². The molecule has 0 nitrogen and oxygen atoms in total. The molecule has 0 radical (unpaired) electrons. The molecule has 1 aliphatic rings. The summed E-state index contributed by atoms with van der Waals surface area (Å²) < 4.78 is 78.4. The smallest absolute Gasteiger partial charge is 0.166 e. The monoisotopic (exact) mass is 356 g/mol. The van der Waals surface area contributed by atoms with Gasteiger partial charge in [-0.05, 0) is 66.3 Å². The summed E-state index contributed by atoms with van der Waals surface area (Å²) in [6.45, 7) is 3.76. The lowest BCUT2D eigenvalue weighted by Gasteiger charge is -2.16. The molecule has 0 amide bonds. The second-order valence-electron chi connectivity index (χ2n) is 6.28. The third kappa shape index (κ3) is 3.30. The molecule has 0 saturated carbocycles. The van der Waals surface area contributed by atoms with Crippen LogP contribution >= 0.6 is 0 Å². The van der Waals surface area contributed by atoms with E-state index in [1.165, 1.54) is 0 Å². The van der Waals surface area contributed by atoms with Crippen LogP contribution in [0.3, 0.4) is 0 Å². The van der Waals surface area contributed by atoms with E-state index in [0.717, 1.165) is 28.8 Å². The number of hydrogen-bond acceptors (Lipinski definition) is 0. The van der Waals surface area contributed by atoms with Gasteiger partial charge in [-0.2, -0.15) is 26.3 Å². The van der Waals surface area contributed by atoms with Crippen LogP contribution < -0.4 is 0 Å². The van der Waals surface area contributed by atoms with Gasteiger partial charge in [0.15, 0.2) is 0 Å². The van der Waals surface area contributed by atoms with Crippen molar-refractivity contribution in [2.24, 2.45) is 0 Å². The highest BCUT2D eigenvalue weighted by molar-refractivity contribution is 5.82. The van der Waals surface area contributed by atoms with Gasteiger partial charge in [-0.3, -0.25) is 0 Å². The van der Waals surface area contributed by atoms with Crippen molar-refractivity contribution in [2.45, 2.75) is 32.6 Å². The molecule has 3 rings (SSSR count). The van der Waals surface area contributed by atoms with Crippen molar-refractivity contribution in [1.82, 2.24) is 0 Å². The molecule has 0 atom stereocenters. The zero-order valence-corrected chi connectivity index (χ0v) is 13.4. The molecule has 0 bridgehead atoms. The van der Waals surface area contributed by atoms with Crippen molar-refractivity contribution in [3.63, 3.8) is 0 Å². The van der Waals surface area contributed by atoms with Crippen molar-refractivity contribution in [3.8, 4) is 11.1 Å². The van der Waals surface area contributed by atoms with Gasteiger partial charge < -0.3 is 0 Å². The Kier molecular flexibility index (Phi) is 3.97. The van der Waals surface area contributed by atoms with Gasteiger partial charge in [-0.15, -0.1) is 0 Å². The van der Waals surface area contributed by atoms with Crippen LogP contribution in [0.25, 0.3) is 17.2 Å². The third-order valence-electron chi connectivity index (χ3n) is 4.34. The van der Waals surface area contributed by atoms with E-state index in [9.17, 15) is 26.3 Å². The molecule has 0 spiro atoms. The maximum atomic E-state index is 13.1.